The van der Waals surface area contributed by atoms with E-state index in [9.17, 15) is 0 Å². The van der Waals surface area contributed by atoms with Crippen LogP contribution in [0, 0.1) is 6.26 Å². The van der Waals surface area contributed by atoms with Crippen LogP contribution in [0.4, 0.5) is 0 Å². The van der Waals surface area contributed by atoms with Crippen molar-refractivity contribution < 1.29 is 9.15 Å². The van der Waals surface area contributed by atoms with Crippen LogP contribution in [-0.4, -0.2) is 6.61 Å². The molecule has 1 heterocycles. The largest absolute Gasteiger partial charge is 0.489 e. The molecule has 0 spiro atoms. The summed E-state index contributed by atoms with van der Waals surface area (Å²) in [4.78, 5) is 0. The van der Waals surface area contributed by atoms with Gasteiger partial charge in [-0.25, -0.2) is 0 Å². The molecule has 0 aliphatic carbocycles. The predicted molar refractivity (Wildman–Crippen MR) is 37.9 cm³/mol. The molecule has 1 rings (SSSR count). The van der Waals surface area contributed by atoms with Gasteiger partial charge in [0.1, 0.15) is 0 Å². The van der Waals surface area contributed by atoms with Gasteiger partial charge in [-0.2, -0.15) is 0 Å². The van der Waals surface area contributed by atoms with Crippen LogP contribution in [0.2, 0.25) is 0 Å². The van der Waals surface area contributed by atoms with Crippen LogP contribution in [0.5, 0.6) is 5.75 Å². The molecule has 1 radical (unpaired) electrons. The summed E-state index contributed by atoms with van der Waals surface area (Å²) in [5, 5.41) is 0. The average molecular weight is 139 g/mol. The van der Waals surface area contributed by atoms with Crippen LogP contribution in [0.25, 0.3) is 0 Å². The highest BCUT2D eigenvalue weighted by molar-refractivity contribution is 5.10. The van der Waals surface area contributed by atoms with E-state index in [-0.39, 0.29) is 0 Å². The van der Waals surface area contributed by atoms with Crippen molar-refractivity contribution in [2.75, 3.05) is 6.61 Å². The van der Waals surface area contributed by atoms with Crippen molar-refractivity contribution in [2.24, 2.45) is 0 Å². The molecule has 0 atom stereocenters. The molecule has 0 aliphatic rings. The van der Waals surface area contributed by atoms with Crippen LogP contribution in [0.1, 0.15) is 19.8 Å². The third kappa shape index (κ3) is 2.13. The fourth-order valence-electron chi connectivity index (χ4n) is 0.626. The van der Waals surface area contributed by atoms with E-state index >= 15 is 0 Å². The van der Waals surface area contributed by atoms with Gasteiger partial charge in [0.2, 0.25) is 6.26 Å². The molecule has 1 aromatic heterocycles. The van der Waals surface area contributed by atoms with Crippen molar-refractivity contribution in [1.82, 2.24) is 0 Å². The standard InChI is InChI=1S/C8H11O2/c1-2-3-5-10-8-4-6-9-7-8/h4,6H,2-3,5H2,1H3. The first kappa shape index (κ1) is 7.19. The van der Waals surface area contributed by atoms with Gasteiger partial charge in [-0.05, 0) is 6.42 Å². The lowest BCUT2D eigenvalue weighted by Crippen LogP contribution is -1.94. The minimum Gasteiger partial charge on any atom is -0.489 e. The number of rotatable bonds is 4. The molecule has 0 aromatic carbocycles. The maximum Gasteiger partial charge on any atom is 0.214 e. The van der Waals surface area contributed by atoms with Gasteiger partial charge in [0, 0.05) is 6.07 Å². The average Bonchev–Trinajstić information content (AvgIpc) is 2.41. The van der Waals surface area contributed by atoms with E-state index in [2.05, 4.69) is 13.2 Å². The van der Waals surface area contributed by atoms with Crippen LogP contribution >= 0.6 is 0 Å². The van der Waals surface area contributed by atoms with E-state index in [1.165, 1.54) is 0 Å². The smallest absolute Gasteiger partial charge is 0.214 e. The Labute approximate surface area is 60.8 Å². The molecule has 10 heavy (non-hydrogen) atoms. The summed E-state index contributed by atoms with van der Waals surface area (Å²) in [5.74, 6) is 0.702. The molecular formula is C8H11O2. The molecule has 0 N–H and O–H groups in total. The van der Waals surface area contributed by atoms with Crippen molar-refractivity contribution in [1.29, 1.82) is 0 Å². The number of hydrogen-bond acceptors (Lipinski definition) is 2. The monoisotopic (exact) mass is 139 g/mol. The molecule has 2 nitrogen and oxygen atoms in total. The second-order valence-corrected chi connectivity index (χ2v) is 2.09. The molecule has 0 amide bonds. The second kappa shape index (κ2) is 3.99. The highest BCUT2D eigenvalue weighted by atomic mass is 16.5. The van der Waals surface area contributed by atoms with E-state index in [1.54, 1.807) is 12.3 Å². The summed E-state index contributed by atoms with van der Waals surface area (Å²) in [6.45, 7) is 2.88. The lowest BCUT2D eigenvalue weighted by molar-refractivity contribution is 0.304. The maximum absolute atomic E-state index is 5.24. The topological polar surface area (TPSA) is 22.4 Å². The zero-order valence-corrected chi connectivity index (χ0v) is 6.09. The van der Waals surface area contributed by atoms with Crippen molar-refractivity contribution in [3.63, 3.8) is 0 Å². The molecular weight excluding hydrogens is 128 g/mol. The Hall–Kier alpha value is -0.920. The van der Waals surface area contributed by atoms with E-state index in [0.717, 1.165) is 19.4 Å². The Morgan fingerprint density at radius 2 is 2.60 bits per heavy atom. The summed E-state index contributed by atoms with van der Waals surface area (Å²) in [5.41, 5.74) is 0. The van der Waals surface area contributed by atoms with Gasteiger partial charge >= 0.3 is 0 Å². The maximum atomic E-state index is 5.24. The number of hydrogen-bond donors (Lipinski definition) is 0. The number of unbranched alkanes of at least 4 members (excludes halogenated alkanes) is 1. The molecule has 2 heteroatoms. The van der Waals surface area contributed by atoms with E-state index in [4.69, 9.17) is 9.15 Å². The number of furan rings is 1. The highest BCUT2D eigenvalue weighted by Crippen LogP contribution is 2.08. The van der Waals surface area contributed by atoms with E-state index in [0.29, 0.717) is 5.75 Å². The first-order chi connectivity index (χ1) is 4.93. The van der Waals surface area contributed by atoms with Gasteiger partial charge in [0.25, 0.3) is 0 Å². The van der Waals surface area contributed by atoms with Gasteiger partial charge in [0.15, 0.2) is 5.75 Å². The summed E-state index contributed by atoms with van der Waals surface area (Å²) in [6.07, 6.45) is 6.39. The van der Waals surface area contributed by atoms with Crippen LogP contribution < -0.4 is 4.74 Å². The van der Waals surface area contributed by atoms with Gasteiger partial charge in [-0.1, -0.05) is 13.3 Å². The van der Waals surface area contributed by atoms with Crippen molar-refractivity contribution in [2.45, 2.75) is 19.8 Å². The summed E-state index contributed by atoms with van der Waals surface area (Å²) in [6, 6.07) is 1.76. The molecule has 0 saturated carbocycles. The Kier molecular flexibility index (Phi) is 2.87. The second-order valence-electron chi connectivity index (χ2n) is 2.09. The highest BCUT2D eigenvalue weighted by Gasteiger charge is 1.92. The molecule has 0 bridgehead atoms. The fraction of sp³-hybridized carbons (Fsp3) is 0.500. The Morgan fingerprint density at radius 3 is 3.20 bits per heavy atom. The molecule has 55 valence electrons. The number of ether oxygens (including phenoxy) is 1. The lowest BCUT2D eigenvalue weighted by Gasteiger charge is -1.98. The van der Waals surface area contributed by atoms with Crippen LogP contribution in [0.15, 0.2) is 16.7 Å². The Bertz CT molecular complexity index is 156. The lowest BCUT2D eigenvalue weighted by atomic mass is 10.4. The minimum atomic E-state index is 0.702. The minimum absolute atomic E-state index is 0.702. The zero-order valence-electron chi connectivity index (χ0n) is 6.09. The summed E-state index contributed by atoms with van der Waals surface area (Å²) >= 11 is 0. The molecule has 1 aromatic rings. The normalized spacial score (nSPS) is 9.70. The van der Waals surface area contributed by atoms with Gasteiger partial charge in [0.05, 0.1) is 12.9 Å². The third-order valence-electron chi connectivity index (χ3n) is 1.20. The quantitative estimate of drug-likeness (QED) is 0.597. The molecule has 0 fully saturated rings. The van der Waals surface area contributed by atoms with Crippen molar-refractivity contribution in [3.05, 3.63) is 18.6 Å². The molecule has 0 unspecified atom stereocenters. The van der Waals surface area contributed by atoms with Crippen molar-refractivity contribution in [3.8, 4) is 5.75 Å². The van der Waals surface area contributed by atoms with E-state index in [1.807, 2.05) is 0 Å². The van der Waals surface area contributed by atoms with Crippen LogP contribution in [0.3, 0.4) is 0 Å². The summed E-state index contributed by atoms with van der Waals surface area (Å²) < 4.78 is 9.93. The fourth-order valence-corrected chi connectivity index (χ4v) is 0.626. The van der Waals surface area contributed by atoms with Crippen LogP contribution in [-0.2, 0) is 0 Å². The Morgan fingerprint density at radius 1 is 1.70 bits per heavy atom. The predicted octanol–water partition coefficient (Wildman–Crippen LogP) is 2.26. The molecule has 0 saturated heterocycles. The Balaban J connectivity index is 2.15. The van der Waals surface area contributed by atoms with Crippen molar-refractivity contribution >= 4 is 0 Å². The zero-order chi connectivity index (χ0) is 7.23. The first-order valence-electron chi connectivity index (χ1n) is 3.51. The SMILES string of the molecule is CCCCOc1[c]occ1. The van der Waals surface area contributed by atoms with E-state index < -0.39 is 0 Å². The van der Waals surface area contributed by atoms with Gasteiger partial charge < -0.3 is 9.15 Å². The van der Waals surface area contributed by atoms with Gasteiger partial charge in [-0.3, -0.25) is 0 Å². The third-order valence-corrected chi connectivity index (χ3v) is 1.20. The van der Waals surface area contributed by atoms with Gasteiger partial charge in [-0.15, -0.1) is 0 Å². The first-order valence-corrected chi connectivity index (χ1v) is 3.51. The summed E-state index contributed by atoms with van der Waals surface area (Å²) in [7, 11) is 0. The molecule has 0 aliphatic heterocycles.